The summed E-state index contributed by atoms with van der Waals surface area (Å²) in [6.45, 7) is 1.62. The van der Waals surface area contributed by atoms with Crippen LogP contribution in [0.1, 0.15) is 35.2 Å². The molecule has 7 atom stereocenters. The number of amides is 1. The van der Waals surface area contributed by atoms with Crippen molar-refractivity contribution in [2.45, 2.75) is 31.0 Å². The number of aromatic hydroxyl groups is 1. The Morgan fingerprint density at radius 2 is 1.69 bits per heavy atom. The number of aliphatic hydroxyl groups is 2. The van der Waals surface area contributed by atoms with Gasteiger partial charge in [-0.15, -0.1) is 0 Å². The number of rotatable bonds is 2. The average Bonchev–Trinajstić information content (AvgIpc) is 2.82. The van der Waals surface area contributed by atoms with Gasteiger partial charge in [0.15, 0.2) is 34.7 Å². The number of phenols is 1. The molecule has 0 bridgehead atoms. The van der Waals surface area contributed by atoms with E-state index in [1.807, 2.05) is 0 Å². The number of phenolic OH excluding ortho intramolecular Hbond substituents is 1. The summed E-state index contributed by atoms with van der Waals surface area (Å²) in [6.07, 6.45) is -2.26. The molecule has 186 valence electrons. The van der Waals surface area contributed by atoms with Gasteiger partial charge < -0.3 is 21.1 Å². The molecule has 10 heteroatoms. The highest BCUT2D eigenvalue weighted by atomic mass is 19.1. The predicted octanol–water partition coefficient (Wildman–Crippen LogP) is 0.665. The minimum Gasteiger partial charge on any atom is -0.507 e. The first-order valence-corrected chi connectivity index (χ1v) is 11.4. The standard InChI is InChI=1S/C26H22FNO8/c1-9-12-6-7-13(10-2-4-11(27)5-3-10)20(30)17(12)22(32)19-16(9)21(31)14-8-15(29)18(25(28)35)23(33)26(14,36)24(19)34/h2-7,9,14,16,18-19,21,30-31,36H,8H2,1H3,(H2,28,35)/t9-,14+,16+,18?,19?,21+,26+/m0/s1. The van der Waals surface area contributed by atoms with Crippen LogP contribution in [-0.2, 0) is 19.2 Å². The van der Waals surface area contributed by atoms with Crippen molar-refractivity contribution < 1.29 is 43.7 Å². The van der Waals surface area contributed by atoms with Crippen molar-refractivity contribution in [3.63, 3.8) is 0 Å². The number of aliphatic hydroxyl groups excluding tert-OH is 1. The van der Waals surface area contributed by atoms with Gasteiger partial charge in [0.25, 0.3) is 0 Å². The van der Waals surface area contributed by atoms with Crippen LogP contribution in [0, 0.1) is 29.5 Å². The number of primary amides is 1. The minimum absolute atomic E-state index is 0.196. The topological polar surface area (TPSA) is 172 Å². The van der Waals surface area contributed by atoms with Crippen LogP contribution in [0.3, 0.4) is 0 Å². The number of hydrogen-bond acceptors (Lipinski definition) is 8. The van der Waals surface area contributed by atoms with E-state index in [4.69, 9.17) is 5.73 Å². The molecular weight excluding hydrogens is 473 g/mol. The third kappa shape index (κ3) is 2.97. The highest BCUT2D eigenvalue weighted by Gasteiger charge is 2.69. The largest absolute Gasteiger partial charge is 0.507 e. The van der Waals surface area contributed by atoms with Crippen LogP contribution in [-0.4, -0.2) is 56.1 Å². The molecule has 0 saturated heterocycles. The van der Waals surface area contributed by atoms with Crippen LogP contribution < -0.4 is 5.73 Å². The van der Waals surface area contributed by atoms with Crippen molar-refractivity contribution >= 4 is 29.0 Å². The molecule has 2 aromatic rings. The molecule has 2 saturated carbocycles. The van der Waals surface area contributed by atoms with E-state index in [1.165, 1.54) is 30.3 Å². The van der Waals surface area contributed by atoms with Crippen LogP contribution >= 0.6 is 0 Å². The monoisotopic (exact) mass is 495 g/mol. The Morgan fingerprint density at radius 3 is 2.31 bits per heavy atom. The summed E-state index contributed by atoms with van der Waals surface area (Å²) in [6, 6.07) is 8.25. The summed E-state index contributed by atoms with van der Waals surface area (Å²) in [5, 5.41) is 33.5. The highest BCUT2D eigenvalue weighted by molar-refractivity contribution is 6.31. The normalized spacial score (nSPS) is 33.6. The highest BCUT2D eigenvalue weighted by Crippen LogP contribution is 2.54. The third-order valence-corrected chi connectivity index (χ3v) is 8.01. The van der Waals surface area contributed by atoms with Gasteiger partial charge in [-0.05, 0) is 29.2 Å². The molecule has 5 N–H and O–H groups in total. The number of hydrogen-bond donors (Lipinski definition) is 4. The van der Waals surface area contributed by atoms with E-state index < -0.39 is 88.3 Å². The second-order valence-electron chi connectivity index (χ2n) is 9.74. The molecule has 2 unspecified atom stereocenters. The van der Waals surface area contributed by atoms with Gasteiger partial charge in [-0.2, -0.15) is 0 Å². The van der Waals surface area contributed by atoms with Gasteiger partial charge in [0.1, 0.15) is 11.6 Å². The van der Waals surface area contributed by atoms with E-state index in [1.54, 1.807) is 13.0 Å². The first-order valence-electron chi connectivity index (χ1n) is 11.4. The fraction of sp³-hybridized carbons (Fsp3) is 0.346. The maximum absolute atomic E-state index is 13.7. The quantitative estimate of drug-likeness (QED) is 0.440. The van der Waals surface area contributed by atoms with Crippen LogP contribution in [0.15, 0.2) is 36.4 Å². The summed E-state index contributed by atoms with van der Waals surface area (Å²) in [4.78, 5) is 64.6. The van der Waals surface area contributed by atoms with Gasteiger partial charge in [0.05, 0.1) is 17.6 Å². The number of halogens is 1. The predicted molar refractivity (Wildman–Crippen MR) is 120 cm³/mol. The number of Topliss-reactive ketones (excluding diaryl/α,β-unsaturated/α-hetero) is 4. The molecule has 1 amide bonds. The van der Waals surface area contributed by atoms with Crippen molar-refractivity contribution in [2.24, 2.45) is 29.4 Å². The van der Waals surface area contributed by atoms with Crippen molar-refractivity contribution in [3.8, 4) is 16.9 Å². The molecule has 3 aliphatic rings. The summed E-state index contributed by atoms with van der Waals surface area (Å²) in [5.74, 6) is -13.9. The van der Waals surface area contributed by atoms with Gasteiger partial charge in [0, 0.05) is 23.8 Å². The molecule has 0 spiro atoms. The third-order valence-electron chi connectivity index (χ3n) is 8.01. The Balaban J connectivity index is 1.65. The Bertz CT molecular complexity index is 1370. The van der Waals surface area contributed by atoms with E-state index in [2.05, 4.69) is 0 Å². The lowest BCUT2D eigenvalue weighted by Gasteiger charge is -2.52. The SMILES string of the molecule is C[C@H]1c2ccc(-c3ccc(F)cc3)c(O)c2C(=O)C2C(=O)[C@]3(O)C(=O)C(C(N)=O)C(=O)C[C@@H]3[C@@H](O)[C@@H]21. The molecule has 2 aromatic carbocycles. The Hall–Kier alpha value is -3.76. The Morgan fingerprint density at radius 1 is 1.06 bits per heavy atom. The molecule has 0 heterocycles. The lowest BCUT2D eigenvalue weighted by atomic mass is 9.50. The molecular formula is C26H22FNO8. The number of nitrogens with two attached hydrogens (primary N) is 1. The van der Waals surface area contributed by atoms with Gasteiger partial charge in [-0.3, -0.25) is 24.0 Å². The molecule has 0 radical (unpaired) electrons. The van der Waals surface area contributed by atoms with Crippen molar-refractivity contribution in [2.75, 3.05) is 0 Å². The minimum atomic E-state index is -2.97. The number of benzene rings is 2. The van der Waals surface area contributed by atoms with Crippen molar-refractivity contribution in [3.05, 3.63) is 53.3 Å². The Labute approximate surface area is 203 Å². The summed E-state index contributed by atoms with van der Waals surface area (Å²) >= 11 is 0. The van der Waals surface area contributed by atoms with E-state index in [0.717, 1.165) is 0 Å². The van der Waals surface area contributed by atoms with E-state index in [0.29, 0.717) is 11.1 Å². The molecule has 2 fully saturated rings. The number of fused-ring (bicyclic) bond motifs is 3. The molecule has 9 nitrogen and oxygen atoms in total. The second-order valence-corrected chi connectivity index (χ2v) is 9.74. The van der Waals surface area contributed by atoms with Crippen LogP contribution in [0.25, 0.3) is 11.1 Å². The maximum Gasteiger partial charge on any atom is 0.235 e. The summed E-state index contributed by atoms with van der Waals surface area (Å²) in [5.41, 5.74) is 2.92. The van der Waals surface area contributed by atoms with Crippen LogP contribution in [0.5, 0.6) is 5.75 Å². The maximum atomic E-state index is 13.7. The molecule has 0 aromatic heterocycles. The van der Waals surface area contributed by atoms with Gasteiger partial charge in [0.2, 0.25) is 5.91 Å². The number of carbonyl (C=O) groups is 5. The van der Waals surface area contributed by atoms with Crippen molar-refractivity contribution in [1.82, 2.24) is 0 Å². The first-order chi connectivity index (χ1) is 16.9. The molecule has 5 rings (SSSR count). The van der Waals surface area contributed by atoms with Gasteiger partial charge >= 0.3 is 0 Å². The zero-order chi connectivity index (χ0) is 26.3. The van der Waals surface area contributed by atoms with E-state index in [9.17, 15) is 43.7 Å². The number of ketones is 4. The van der Waals surface area contributed by atoms with Gasteiger partial charge in [-0.1, -0.05) is 31.2 Å². The molecule has 36 heavy (non-hydrogen) atoms. The van der Waals surface area contributed by atoms with Crippen molar-refractivity contribution in [1.29, 1.82) is 0 Å². The lowest BCUT2D eigenvalue weighted by Crippen LogP contribution is -2.72. The average molecular weight is 495 g/mol. The Kier molecular flexibility index (Phi) is 5.24. The van der Waals surface area contributed by atoms with E-state index in [-0.39, 0.29) is 11.1 Å². The zero-order valence-corrected chi connectivity index (χ0v) is 19.0. The molecule has 3 aliphatic carbocycles. The van der Waals surface area contributed by atoms with Crippen LogP contribution in [0.2, 0.25) is 0 Å². The smallest absolute Gasteiger partial charge is 0.235 e. The second kappa shape index (κ2) is 7.87. The van der Waals surface area contributed by atoms with Gasteiger partial charge in [-0.25, -0.2) is 4.39 Å². The first kappa shape index (κ1) is 24.0. The zero-order valence-electron chi connectivity index (χ0n) is 19.0. The summed E-state index contributed by atoms with van der Waals surface area (Å²) < 4.78 is 13.4. The fourth-order valence-corrected chi connectivity index (χ4v) is 6.22. The lowest BCUT2D eigenvalue weighted by molar-refractivity contribution is -0.189. The van der Waals surface area contributed by atoms with E-state index >= 15 is 0 Å². The summed E-state index contributed by atoms with van der Waals surface area (Å²) in [7, 11) is 0. The number of carbonyl (C=O) groups excluding carboxylic acids is 5. The fourth-order valence-electron chi connectivity index (χ4n) is 6.22. The van der Waals surface area contributed by atoms with Crippen LogP contribution in [0.4, 0.5) is 4.39 Å². The molecule has 0 aliphatic heterocycles.